The van der Waals surface area contributed by atoms with Gasteiger partial charge in [0.25, 0.3) is 5.91 Å². The molecule has 178 valence electrons. The fourth-order valence-corrected chi connectivity index (χ4v) is 5.31. The summed E-state index contributed by atoms with van der Waals surface area (Å²) in [7, 11) is 0. The third-order valence-corrected chi connectivity index (χ3v) is 6.96. The van der Waals surface area contributed by atoms with Gasteiger partial charge in [-0.05, 0) is 24.3 Å². The highest BCUT2D eigenvalue weighted by atomic mass is 35.5. The van der Waals surface area contributed by atoms with Gasteiger partial charge in [-0.3, -0.25) is 24.3 Å². The van der Waals surface area contributed by atoms with Gasteiger partial charge in [-0.1, -0.05) is 11.6 Å². The van der Waals surface area contributed by atoms with E-state index >= 15 is 0 Å². The number of carboxylic acids is 1. The number of carbonyl (C=O) groups is 4. The van der Waals surface area contributed by atoms with Crippen LogP contribution in [-0.2, 0) is 23.9 Å². The number of anilines is 1. The number of halogens is 1. The number of esters is 1. The summed E-state index contributed by atoms with van der Waals surface area (Å²) in [4.78, 5) is 53.4. The van der Waals surface area contributed by atoms with E-state index in [4.69, 9.17) is 16.3 Å². The van der Waals surface area contributed by atoms with E-state index in [1.807, 2.05) is 6.07 Å². The van der Waals surface area contributed by atoms with E-state index in [1.165, 1.54) is 18.7 Å². The summed E-state index contributed by atoms with van der Waals surface area (Å²) < 4.78 is 4.91. The van der Waals surface area contributed by atoms with Gasteiger partial charge in [0, 0.05) is 53.5 Å². The van der Waals surface area contributed by atoms with Gasteiger partial charge in [0.1, 0.15) is 23.7 Å². The Bertz CT molecular complexity index is 1220. The van der Waals surface area contributed by atoms with Crippen molar-refractivity contribution in [2.75, 3.05) is 24.2 Å². The monoisotopic (exact) mass is 504 g/mol. The molecule has 0 saturated carbocycles. The Morgan fingerprint density at radius 1 is 1.32 bits per heavy atom. The number of nitrogens with one attached hydrogen (secondary N) is 2. The molecule has 0 aliphatic carbocycles. The number of benzene rings is 1. The van der Waals surface area contributed by atoms with Crippen LogP contribution in [0, 0.1) is 0 Å². The number of β-lactam (4-membered cyclic amide) rings is 1. The number of aromatic nitrogens is 1. The SMILES string of the molecule is CC(=O)OCC1=C(C(=O)O)N2C(=O)[C@@H](NC(=O)CCNc3ccnc4cc(Cl)ccc34)C2SC1. The Hall–Kier alpha value is -3.31. The highest BCUT2D eigenvalue weighted by Gasteiger charge is 2.54. The molecule has 2 aliphatic rings. The standard InChI is InChI=1S/C22H21ClN4O6S/c1-11(28)33-9-12-10-34-21-18(20(30)27(21)19(12)22(31)32)26-17(29)5-7-24-15-4-6-25-16-8-13(23)2-3-14(15)16/h2-4,6,8,18,21H,5,7,9-10H2,1H3,(H,24,25)(H,26,29)(H,31,32)/t18-,21?/m1/s1. The normalized spacial score (nSPS) is 19.4. The first kappa shape index (κ1) is 23.8. The molecular formula is C22H21ClN4O6S. The summed E-state index contributed by atoms with van der Waals surface area (Å²) in [5.74, 6) is -2.38. The van der Waals surface area contributed by atoms with Crippen molar-refractivity contribution in [2.45, 2.75) is 24.8 Å². The molecular weight excluding hydrogens is 484 g/mol. The molecule has 3 heterocycles. The number of amides is 2. The van der Waals surface area contributed by atoms with Crippen LogP contribution in [0.5, 0.6) is 0 Å². The van der Waals surface area contributed by atoms with Gasteiger partial charge in [0.15, 0.2) is 0 Å². The van der Waals surface area contributed by atoms with E-state index in [-0.39, 0.29) is 30.4 Å². The number of aliphatic carboxylic acids is 1. The summed E-state index contributed by atoms with van der Waals surface area (Å²) in [5, 5.41) is 16.4. The van der Waals surface area contributed by atoms with Crippen LogP contribution in [0.1, 0.15) is 13.3 Å². The quantitative estimate of drug-likeness (QED) is 0.364. The second-order valence-electron chi connectivity index (χ2n) is 7.69. The van der Waals surface area contributed by atoms with Gasteiger partial charge in [0.2, 0.25) is 5.91 Å². The molecule has 2 atom stereocenters. The number of pyridine rings is 1. The first-order valence-corrected chi connectivity index (χ1v) is 11.8. The molecule has 34 heavy (non-hydrogen) atoms. The van der Waals surface area contributed by atoms with Crippen LogP contribution in [-0.4, -0.2) is 69.1 Å². The maximum Gasteiger partial charge on any atom is 0.352 e. The van der Waals surface area contributed by atoms with E-state index in [9.17, 15) is 24.3 Å². The number of rotatable bonds is 8. The maximum absolute atomic E-state index is 12.7. The Morgan fingerprint density at radius 3 is 2.85 bits per heavy atom. The van der Waals surface area contributed by atoms with E-state index in [1.54, 1.807) is 24.4 Å². The predicted molar refractivity (Wildman–Crippen MR) is 126 cm³/mol. The molecule has 2 amide bonds. The smallest absolute Gasteiger partial charge is 0.352 e. The van der Waals surface area contributed by atoms with E-state index < -0.39 is 29.3 Å². The zero-order chi connectivity index (χ0) is 24.4. The summed E-state index contributed by atoms with van der Waals surface area (Å²) in [6.07, 6.45) is 1.75. The second kappa shape index (κ2) is 9.90. The van der Waals surface area contributed by atoms with E-state index in [2.05, 4.69) is 15.6 Å². The number of nitrogens with zero attached hydrogens (tertiary/aromatic N) is 2. The minimum Gasteiger partial charge on any atom is -0.477 e. The number of carbonyl (C=O) groups excluding carboxylic acids is 3. The first-order chi connectivity index (χ1) is 16.3. The largest absolute Gasteiger partial charge is 0.477 e. The topological polar surface area (TPSA) is 138 Å². The van der Waals surface area contributed by atoms with Crippen LogP contribution in [0.4, 0.5) is 5.69 Å². The highest BCUT2D eigenvalue weighted by Crippen LogP contribution is 2.40. The highest BCUT2D eigenvalue weighted by molar-refractivity contribution is 8.00. The van der Waals surface area contributed by atoms with E-state index in [0.29, 0.717) is 17.1 Å². The third kappa shape index (κ3) is 4.80. The molecule has 1 aromatic heterocycles. The zero-order valence-corrected chi connectivity index (χ0v) is 19.6. The number of fused-ring (bicyclic) bond motifs is 2. The predicted octanol–water partition coefficient (Wildman–Crippen LogP) is 1.99. The van der Waals surface area contributed by atoms with Crippen molar-refractivity contribution in [3.63, 3.8) is 0 Å². The maximum atomic E-state index is 12.7. The van der Waals surface area contributed by atoms with Gasteiger partial charge in [0.05, 0.1) is 5.52 Å². The number of thioether (sulfide) groups is 1. The Balaban J connectivity index is 1.34. The first-order valence-electron chi connectivity index (χ1n) is 10.4. The van der Waals surface area contributed by atoms with Crippen LogP contribution in [0.3, 0.4) is 0 Å². The molecule has 0 spiro atoms. The number of carboxylic acid groups (broad SMARTS) is 1. The van der Waals surface area contributed by atoms with Crippen molar-refractivity contribution >= 4 is 63.7 Å². The number of ether oxygens (including phenoxy) is 1. The lowest BCUT2D eigenvalue weighted by Crippen LogP contribution is -2.70. The Labute approximate surface area is 203 Å². The molecule has 12 heteroatoms. The van der Waals surface area contributed by atoms with Gasteiger partial charge < -0.3 is 20.5 Å². The molecule has 1 fully saturated rings. The summed E-state index contributed by atoms with van der Waals surface area (Å²) in [6.45, 7) is 1.35. The molecule has 3 N–H and O–H groups in total. The minimum atomic E-state index is -1.28. The van der Waals surface area contributed by atoms with Crippen molar-refractivity contribution in [3.8, 4) is 0 Å². The molecule has 2 aromatic rings. The second-order valence-corrected chi connectivity index (χ2v) is 9.23. The Morgan fingerprint density at radius 2 is 2.12 bits per heavy atom. The number of hydrogen-bond donors (Lipinski definition) is 3. The Kier molecular flexibility index (Phi) is 6.94. The lowest BCUT2D eigenvalue weighted by atomic mass is 10.0. The molecule has 0 bridgehead atoms. The molecule has 0 radical (unpaired) electrons. The summed E-state index contributed by atoms with van der Waals surface area (Å²) >= 11 is 7.32. The average Bonchev–Trinajstić information content (AvgIpc) is 2.80. The molecule has 10 nitrogen and oxygen atoms in total. The van der Waals surface area contributed by atoms with Gasteiger partial charge in [-0.25, -0.2) is 4.79 Å². The summed E-state index contributed by atoms with van der Waals surface area (Å²) in [5.41, 5.74) is 1.69. The number of hydrogen-bond acceptors (Lipinski definition) is 8. The molecule has 1 aromatic carbocycles. The average molecular weight is 505 g/mol. The van der Waals surface area contributed by atoms with Crippen LogP contribution < -0.4 is 10.6 Å². The zero-order valence-electron chi connectivity index (χ0n) is 18.0. The third-order valence-electron chi connectivity index (χ3n) is 5.39. The summed E-state index contributed by atoms with van der Waals surface area (Å²) in [6, 6.07) is 6.34. The lowest BCUT2D eigenvalue weighted by molar-refractivity contribution is -0.151. The van der Waals surface area contributed by atoms with Crippen molar-refractivity contribution in [1.29, 1.82) is 0 Å². The van der Waals surface area contributed by atoms with Crippen LogP contribution in [0.2, 0.25) is 5.02 Å². The van der Waals surface area contributed by atoms with E-state index in [0.717, 1.165) is 21.5 Å². The molecule has 1 saturated heterocycles. The fraction of sp³-hybridized carbons (Fsp3) is 0.318. The van der Waals surface area contributed by atoms with Crippen molar-refractivity contribution in [1.82, 2.24) is 15.2 Å². The van der Waals surface area contributed by atoms with Gasteiger partial charge in [-0.15, -0.1) is 11.8 Å². The van der Waals surface area contributed by atoms with Crippen LogP contribution >= 0.6 is 23.4 Å². The van der Waals surface area contributed by atoms with Crippen LogP contribution in [0.15, 0.2) is 41.7 Å². The minimum absolute atomic E-state index is 0.109. The molecule has 4 rings (SSSR count). The van der Waals surface area contributed by atoms with Crippen molar-refractivity contribution < 1.29 is 29.0 Å². The fourth-order valence-electron chi connectivity index (χ4n) is 3.81. The lowest BCUT2D eigenvalue weighted by Gasteiger charge is -2.49. The van der Waals surface area contributed by atoms with Crippen molar-refractivity contribution in [3.05, 3.63) is 46.8 Å². The van der Waals surface area contributed by atoms with Gasteiger partial charge in [-0.2, -0.15) is 0 Å². The molecule has 1 unspecified atom stereocenters. The van der Waals surface area contributed by atoms with Crippen LogP contribution in [0.25, 0.3) is 10.9 Å². The van der Waals surface area contributed by atoms with Crippen molar-refractivity contribution in [2.24, 2.45) is 0 Å². The van der Waals surface area contributed by atoms with Gasteiger partial charge >= 0.3 is 11.9 Å². The molecule has 2 aliphatic heterocycles.